The Morgan fingerprint density at radius 2 is 1.76 bits per heavy atom. The summed E-state index contributed by atoms with van der Waals surface area (Å²) in [6, 6.07) is 4.62. The second-order valence-corrected chi connectivity index (χ2v) is 3.58. The third-order valence-electron chi connectivity index (χ3n) is 2.29. The summed E-state index contributed by atoms with van der Waals surface area (Å²) in [5.74, 6) is -0.265. The van der Waals surface area contributed by atoms with Crippen molar-refractivity contribution in [3.63, 3.8) is 0 Å². The Hall–Kier alpha value is -0.905. The zero-order valence-corrected chi connectivity index (χ0v) is 10.5. The minimum absolute atomic E-state index is 0.265. The first-order chi connectivity index (χ1) is 8.17. The highest BCUT2D eigenvalue weighted by atomic mass is 19.1. The number of hydrogen-bond acceptors (Lipinski definition) is 3. The second-order valence-electron chi connectivity index (χ2n) is 3.58. The highest BCUT2D eigenvalue weighted by molar-refractivity contribution is 6.36. The Morgan fingerprint density at radius 1 is 1.12 bits per heavy atom. The lowest BCUT2D eigenvalue weighted by molar-refractivity contribution is 0.0958. The van der Waals surface area contributed by atoms with E-state index in [-0.39, 0.29) is 12.4 Å². The van der Waals surface area contributed by atoms with E-state index in [4.69, 9.17) is 14.0 Å². The van der Waals surface area contributed by atoms with Crippen molar-refractivity contribution in [3.05, 3.63) is 35.1 Å². The summed E-state index contributed by atoms with van der Waals surface area (Å²) in [5.41, 5.74) is 1.78. The van der Waals surface area contributed by atoms with Gasteiger partial charge in [0.15, 0.2) is 0 Å². The van der Waals surface area contributed by atoms with Crippen LogP contribution in [0.2, 0.25) is 0 Å². The van der Waals surface area contributed by atoms with Crippen LogP contribution in [0.5, 0.6) is 0 Å². The largest absolute Gasteiger partial charge is 0.639 e. The molecule has 1 rings (SSSR count). The zero-order valence-electron chi connectivity index (χ0n) is 10.5. The van der Waals surface area contributed by atoms with E-state index in [0.29, 0.717) is 13.2 Å². The van der Waals surface area contributed by atoms with Gasteiger partial charge in [-0.3, -0.25) is 0 Å². The van der Waals surface area contributed by atoms with Gasteiger partial charge in [0.1, 0.15) is 5.82 Å². The number of benzene rings is 1. The fourth-order valence-corrected chi connectivity index (χ4v) is 1.37. The van der Waals surface area contributed by atoms with Crippen molar-refractivity contribution in [1.29, 1.82) is 0 Å². The van der Waals surface area contributed by atoms with Crippen molar-refractivity contribution < 1.29 is 18.4 Å². The van der Waals surface area contributed by atoms with Gasteiger partial charge in [0, 0.05) is 13.2 Å². The normalized spacial score (nSPS) is 10.6. The lowest BCUT2D eigenvalue weighted by Crippen LogP contribution is -2.27. The molecule has 0 aliphatic heterocycles. The van der Waals surface area contributed by atoms with Gasteiger partial charge < -0.3 is 14.0 Å². The van der Waals surface area contributed by atoms with Crippen LogP contribution in [0.4, 0.5) is 4.39 Å². The molecule has 5 heteroatoms. The zero-order chi connectivity index (χ0) is 12.7. The standard InChI is InChI=1S/C12H18BFO3/c1-4-15-13(16-5-2)17-9-11-8-12(14)7-6-10(11)3/h6-8H,4-5,9H2,1-3H3. The lowest BCUT2D eigenvalue weighted by Gasteiger charge is -2.13. The average molecular weight is 240 g/mol. The number of hydrogen-bond donors (Lipinski definition) is 0. The van der Waals surface area contributed by atoms with E-state index in [9.17, 15) is 4.39 Å². The first-order valence-electron chi connectivity index (χ1n) is 5.77. The lowest BCUT2D eigenvalue weighted by atomic mass is 10.1. The molecule has 0 aromatic heterocycles. The van der Waals surface area contributed by atoms with Crippen LogP contribution in [0.1, 0.15) is 25.0 Å². The van der Waals surface area contributed by atoms with Crippen molar-refractivity contribution in [2.24, 2.45) is 0 Å². The summed E-state index contributed by atoms with van der Waals surface area (Å²) in [4.78, 5) is 0. The molecule has 17 heavy (non-hydrogen) atoms. The van der Waals surface area contributed by atoms with Gasteiger partial charge in [-0.15, -0.1) is 0 Å². The van der Waals surface area contributed by atoms with Crippen molar-refractivity contribution in [1.82, 2.24) is 0 Å². The molecule has 94 valence electrons. The minimum atomic E-state index is -0.687. The van der Waals surface area contributed by atoms with Gasteiger partial charge in [-0.05, 0) is 44.0 Å². The SMILES string of the molecule is CCOB(OCC)OCc1cc(F)ccc1C. The molecule has 1 aromatic rings. The van der Waals surface area contributed by atoms with Crippen molar-refractivity contribution >= 4 is 7.32 Å². The molecule has 0 saturated carbocycles. The van der Waals surface area contributed by atoms with Crippen LogP contribution in [-0.4, -0.2) is 20.5 Å². The molecule has 0 bridgehead atoms. The maximum absolute atomic E-state index is 13.0. The van der Waals surface area contributed by atoms with Crippen molar-refractivity contribution in [2.75, 3.05) is 13.2 Å². The molecule has 0 amide bonds. The Balaban J connectivity index is 2.55. The van der Waals surface area contributed by atoms with E-state index in [2.05, 4.69) is 0 Å². The molecule has 0 aliphatic carbocycles. The van der Waals surface area contributed by atoms with Crippen LogP contribution in [0.3, 0.4) is 0 Å². The smallest absolute Gasteiger partial charge is 0.386 e. The average Bonchev–Trinajstić information content (AvgIpc) is 2.30. The third kappa shape index (κ3) is 4.85. The molecule has 0 aliphatic rings. The second kappa shape index (κ2) is 7.43. The number of aryl methyl sites for hydroxylation is 1. The monoisotopic (exact) mass is 240 g/mol. The predicted molar refractivity (Wildman–Crippen MR) is 64.9 cm³/mol. The van der Waals surface area contributed by atoms with Gasteiger partial charge in [-0.25, -0.2) is 4.39 Å². The predicted octanol–water partition coefficient (Wildman–Crippen LogP) is 2.71. The quantitative estimate of drug-likeness (QED) is 0.686. The summed E-state index contributed by atoms with van der Waals surface area (Å²) in [5, 5.41) is 0. The Labute approximate surface area is 102 Å². The molecular weight excluding hydrogens is 222 g/mol. The van der Waals surface area contributed by atoms with Crippen LogP contribution in [0.15, 0.2) is 18.2 Å². The van der Waals surface area contributed by atoms with Crippen molar-refractivity contribution in [2.45, 2.75) is 27.4 Å². The van der Waals surface area contributed by atoms with Crippen LogP contribution < -0.4 is 0 Å². The van der Waals surface area contributed by atoms with Gasteiger partial charge in [0.2, 0.25) is 0 Å². The third-order valence-corrected chi connectivity index (χ3v) is 2.29. The molecule has 0 radical (unpaired) electrons. The van der Waals surface area contributed by atoms with Crippen LogP contribution in [-0.2, 0) is 20.6 Å². The Kier molecular flexibility index (Phi) is 6.18. The highest BCUT2D eigenvalue weighted by Crippen LogP contribution is 2.12. The molecule has 3 nitrogen and oxygen atoms in total. The molecule has 0 N–H and O–H groups in total. The number of rotatable bonds is 7. The van der Waals surface area contributed by atoms with Crippen LogP contribution >= 0.6 is 0 Å². The minimum Gasteiger partial charge on any atom is -0.386 e. The first-order valence-corrected chi connectivity index (χ1v) is 5.77. The van der Waals surface area contributed by atoms with Gasteiger partial charge in [-0.1, -0.05) is 6.07 Å². The number of halogens is 1. The van der Waals surface area contributed by atoms with E-state index in [0.717, 1.165) is 11.1 Å². The topological polar surface area (TPSA) is 27.7 Å². The van der Waals surface area contributed by atoms with Crippen LogP contribution in [0.25, 0.3) is 0 Å². The molecule has 0 atom stereocenters. The Bertz CT molecular complexity index is 341. The summed E-state index contributed by atoms with van der Waals surface area (Å²) in [6.45, 7) is 6.92. The molecular formula is C12H18BFO3. The highest BCUT2D eigenvalue weighted by Gasteiger charge is 2.20. The first kappa shape index (κ1) is 14.2. The fraction of sp³-hybridized carbons (Fsp3) is 0.500. The fourth-order valence-electron chi connectivity index (χ4n) is 1.37. The summed E-state index contributed by atoms with van der Waals surface area (Å²) >= 11 is 0. The maximum Gasteiger partial charge on any atom is 0.639 e. The molecule has 0 unspecified atom stereocenters. The van der Waals surface area contributed by atoms with Crippen LogP contribution in [0, 0.1) is 12.7 Å². The van der Waals surface area contributed by atoms with Gasteiger partial charge >= 0.3 is 7.32 Å². The summed E-state index contributed by atoms with van der Waals surface area (Å²) < 4.78 is 29.0. The van der Waals surface area contributed by atoms with Gasteiger partial charge in [-0.2, -0.15) is 0 Å². The van der Waals surface area contributed by atoms with Gasteiger partial charge in [0.25, 0.3) is 0 Å². The summed E-state index contributed by atoms with van der Waals surface area (Å²) in [6.07, 6.45) is 0. The van der Waals surface area contributed by atoms with Gasteiger partial charge in [0.05, 0.1) is 6.61 Å². The Morgan fingerprint density at radius 3 is 2.35 bits per heavy atom. The molecule has 0 heterocycles. The van der Waals surface area contributed by atoms with E-state index >= 15 is 0 Å². The van der Waals surface area contributed by atoms with E-state index in [1.54, 1.807) is 6.07 Å². The summed E-state index contributed by atoms with van der Waals surface area (Å²) in [7, 11) is -0.687. The maximum atomic E-state index is 13.0. The van der Waals surface area contributed by atoms with E-state index < -0.39 is 7.32 Å². The molecule has 0 fully saturated rings. The van der Waals surface area contributed by atoms with Crippen molar-refractivity contribution in [3.8, 4) is 0 Å². The molecule has 0 spiro atoms. The molecule has 0 saturated heterocycles. The van der Waals surface area contributed by atoms with E-state index in [1.807, 2.05) is 20.8 Å². The molecule has 1 aromatic carbocycles. The van der Waals surface area contributed by atoms with E-state index in [1.165, 1.54) is 12.1 Å².